The van der Waals surface area contributed by atoms with Gasteiger partial charge in [0.1, 0.15) is 10.1 Å². The van der Waals surface area contributed by atoms with Crippen molar-refractivity contribution in [1.29, 1.82) is 0 Å². The average molecular weight is 486 g/mol. The fourth-order valence-electron chi connectivity index (χ4n) is 5.02. The largest absolute Gasteiger partial charge is 0.497 e. The van der Waals surface area contributed by atoms with Gasteiger partial charge in [-0.3, -0.25) is 24.3 Å². The molecule has 4 aliphatic heterocycles. The molecule has 2 amide bonds. The first-order chi connectivity index (χ1) is 15.8. The molecule has 0 aliphatic carbocycles. The van der Waals surface area contributed by atoms with Crippen molar-refractivity contribution in [1.82, 2.24) is 9.80 Å². The standard InChI is InChI=1S/C24H27N3O4S2/c1-5-26-22(29)20(33-23(26)32)18-17-11-15(30-4)10-16-14(13-25-6-8-31-9-7-25)12-24(2,3)27(19(16)17)21(18)28/h10-12H,5-9,13H2,1-4H3. The van der Waals surface area contributed by atoms with Crippen LogP contribution in [0.4, 0.5) is 5.69 Å². The zero-order valence-electron chi connectivity index (χ0n) is 19.3. The summed E-state index contributed by atoms with van der Waals surface area (Å²) in [4.78, 5) is 33.2. The Labute approximate surface area is 203 Å². The number of thioether (sulfide) groups is 1. The molecule has 7 nitrogen and oxygen atoms in total. The van der Waals surface area contributed by atoms with Gasteiger partial charge in [-0.1, -0.05) is 30.1 Å². The van der Waals surface area contributed by atoms with Crippen molar-refractivity contribution in [2.24, 2.45) is 0 Å². The van der Waals surface area contributed by atoms with Gasteiger partial charge in [-0.15, -0.1) is 0 Å². The minimum Gasteiger partial charge on any atom is -0.497 e. The summed E-state index contributed by atoms with van der Waals surface area (Å²) in [6.07, 6.45) is 2.17. The van der Waals surface area contributed by atoms with E-state index >= 15 is 0 Å². The number of rotatable bonds is 4. The van der Waals surface area contributed by atoms with Crippen LogP contribution in [0.25, 0.3) is 11.1 Å². The molecule has 2 fully saturated rings. The number of ether oxygens (including phenoxy) is 2. The monoisotopic (exact) mass is 485 g/mol. The highest BCUT2D eigenvalue weighted by Crippen LogP contribution is 2.53. The van der Waals surface area contributed by atoms with Crippen molar-refractivity contribution >= 4 is 56.9 Å². The third-order valence-electron chi connectivity index (χ3n) is 6.57. The fraction of sp³-hybridized carbons (Fsp3) is 0.458. The summed E-state index contributed by atoms with van der Waals surface area (Å²) in [5.74, 6) is 0.295. The lowest BCUT2D eigenvalue weighted by atomic mass is 9.87. The molecule has 1 aromatic carbocycles. The fourth-order valence-corrected chi connectivity index (χ4v) is 6.48. The molecular formula is C24H27N3O4S2. The molecule has 0 atom stereocenters. The second kappa shape index (κ2) is 8.23. The number of amides is 2. The van der Waals surface area contributed by atoms with Gasteiger partial charge in [0.2, 0.25) is 0 Å². The maximum atomic E-state index is 13.9. The summed E-state index contributed by atoms with van der Waals surface area (Å²) in [6.45, 7) is 10.4. The summed E-state index contributed by atoms with van der Waals surface area (Å²) < 4.78 is 11.6. The summed E-state index contributed by atoms with van der Waals surface area (Å²) in [5.41, 5.74) is 3.61. The van der Waals surface area contributed by atoms with Gasteiger partial charge in [-0.05, 0) is 38.5 Å². The van der Waals surface area contributed by atoms with Crippen molar-refractivity contribution in [3.63, 3.8) is 0 Å². The van der Waals surface area contributed by atoms with E-state index in [2.05, 4.69) is 11.0 Å². The Hall–Kier alpha value is -2.20. The molecule has 0 radical (unpaired) electrons. The SMILES string of the molecule is CCN1C(=O)C(=C2C(=O)N3c4c(cc(OC)cc42)C(CN2CCOCC2)=CC3(C)C)SC1=S. The third kappa shape index (κ3) is 3.53. The van der Waals surface area contributed by atoms with Crippen LogP contribution in [-0.4, -0.2) is 78.0 Å². The van der Waals surface area contributed by atoms with Gasteiger partial charge >= 0.3 is 0 Å². The highest BCUT2D eigenvalue weighted by Gasteiger charge is 2.49. The van der Waals surface area contributed by atoms with Crippen molar-refractivity contribution < 1.29 is 19.1 Å². The molecule has 0 aromatic heterocycles. The highest BCUT2D eigenvalue weighted by molar-refractivity contribution is 8.26. The first kappa shape index (κ1) is 22.6. The van der Waals surface area contributed by atoms with Crippen molar-refractivity contribution in [2.45, 2.75) is 26.3 Å². The number of carbonyl (C=O) groups excluding carboxylic acids is 2. The number of carbonyl (C=O) groups is 2. The first-order valence-corrected chi connectivity index (χ1v) is 12.4. The molecule has 9 heteroatoms. The number of benzene rings is 1. The van der Waals surface area contributed by atoms with Crippen molar-refractivity contribution in [3.8, 4) is 5.75 Å². The lowest BCUT2D eigenvalue weighted by Gasteiger charge is -2.40. The number of nitrogens with zero attached hydrogens (tertiary/aromatic N) is 3. The second-order valence-electron chi connectivity index (χ2n) is 9.04. The Bertz CT molecular complexity index is 1130. The first-order valence-electron chi connectivity index (χ1n) is 11.1. The summed E-state index contributed by atoms with van der Waals surface area (Å²) in [7, 11) is 1.62. The number of methoxy groups -OCH3 is 1. The number of hydrogen-bond donors (Lipinski definition) is 0. The van der Waals surface area contributed by atoms with Crippen LogP contribution in [0, 0.1) is 0 Å². The summed E-state index contributed by atoms with van der Waals surface area (Å²) in [5, 5.41) is 0. The number of anilines is 1. The molecule has 174 valence electrons. The quantitative estimate of drug-likeness (QED) is 0.480. The molecule has 0 unspecified atom stereocenters. The van der Waals surface area contributed by atoms with E-state index in [0.717, 1.165) is 55.2 Å². The van der Waals surface area contributed by atoms with Crippen LogP contribution in [-0.2, 0) is 14.3 Å². The lowest BCUT2D eigenvalue weighted by molar-refractivity contribution is -0.122. The smallest absolute Gasteiger partial charge is 0.266 e. The number of hydrogen-bond acceptors (Lipinski definition) is 7. The van der Waals surface area contributed by atoms with E-state index in [4.69, 9.17) is 21.7 Å². The molecule has 0 N–H and O–H groups in total. The maximum Gasteiger partial charge on any atom is 0.266 e. The molecule has 4 heterocycles. The Kier molecular flexibility index (Phi) is 5.63. The highest BCUT2D eigenvalue weighted by atomic mass is 32.2. The Morgan fingerprint density at radius 1 is 1.15 bits per heavy atom. The number of thiocarbonyl (C=S) groups is 1. The van der Waals surface area contributed by atoms with Crippen molar-refractivity contribution in [3.05, 3.63) is 34.2 Å². The Morgan fingerprint density at radius 3 is 2.48 bits per heavy atom. The van der Waals surface area contributed by atoms with Crippen molar-refractivity contribution in [2.75, 3.05) is 51.4 Å². The van der Waals surface area contributed by atoms with Crippen LogP contribution < -0.4 is 9.64 Å². The van der Waals surface area contributed by atoms with Crippen LogP contribution in [0.15, 0.2) is 23.1 Å². The van der Waals surface area contributed by atoms with Gasteiger partial charge in [0.25, 0.3) is 11.8 Å². The molecule has 0 spiro atoms. The zero-order chi connectivity index (χ0) is 23.5. The number of likely N-dealkylation sites (N-methyl/N-ethyl adjacent to an activating group) is 1. The van der Waals surface area contributed by atoms with Gasteiger partial charge < -0.3 is 9.47 Å². The topological polar surface area (TPSA) is 62.3 Å². The van der Waals surface area contributed by atoms with Gasteiger partial charge in [-0.2, -0.15) is 0 Å². The third-order valence-corrected chi connectivity index (χ3v) is 8.02. The van der Waals surface area contributed by atoms with Gasteiger partial charge in [0, 0.05) is 37.3 Å². The number of morpholine rings is 1. The molecular weight excluding hydrogens is 458 g/mol. The van der Waals surface area contributed by atoms with Crippen LogP contribution in [0.2, 0.25) is 0 Å². The molecule has 2 saturated heterocycles. The van der Waals surface area contributed by atoms with E-state index in [1.807, 2.05) is 37.8 Å². The molecule has 0 bridgehead atoms. The molecule has 5 rings (SSSR count). The van der Waals surface area contributed by atoms with E-state index in [1.165, 1.54) is 11.8 Å². The minimum absolute atomic E-state index is 0.164. The van der Waals surface area contributed by atoms with Gasteiger partial charge in [0.15, 0.2) is 0 Å². The predicted octanol–water partition coefficient (Wildman–Crippen LogP) is 3.14. The Morgan fingerprint density at radius 2 is 1.85 bits per heavy atom. The molecule has 33 heavy (non-hydrogen) atoms. The van der Waals surface area contributed by atoms with E-state index in [1.54, 1.807) is 12.0 Å². The molecule has 1 aromatic rings. The second-order valence-corrected chi connectivity index (χ2v) is 10.7. The normalized spacial score (nSPS) is 24.5. The van der Waals surface area contributed by atoms with Crippen LogP contribution >= 0.6 is 24.0 Å². The summed E-state index contributed by atoms with van der Waals surface area (Å²) in [6, 6.07) is 3.87. The maximum absolute atomic E-state index is 13.9. The van der Waals surface area contributed by atoms with Crippen LogP contribution in [0.1, 0.15) is 31.9 Å². The van der Waals surface area contributed by atoms with E-state index in [9.17, 15) is 9.59 Å². The Balaban J connectivity index is 1.69. The van der Waals surface area contributed by atoms with Crippen LogP contribution in [0.3, 0.4) is 0 Å². The van der Waals surface area contributed by atoms with E-state index in [0.29, 0.717) is 27.1 Å². The van der Waals surface area contributed by atoms with Crippen LogP contribution in [0.5, 0.6) is 5.75 Å². The zero-order valence-corrected chi connectivity index (χ0v) is 20.9. The van der Waals surface area contributed by atoms with Gasteiger partial charge in [0.05, 0.1) is 42.0 Å². The molecule has 0 saturated carbocycles. The van der Waals surface area contributed by atoms with E-state index in [-0.39, 0.29) is 11.8 Å². The average Bonchev–Trinajstić information content (AvgIpc) is 3.24. The molecule has 4 aliphatic rings. The lowest BCUT2D eigenvalue weighted by Crippen LogP contribution is -2.47. The predicted molar refractivity (Wildman–Crippen MR) is 134 cm³/mol. The minimum atomic E-state index is -0.547. The summed E-state index contributed by atoms with van der Waals surface area (Å²) >= 11 is 6.64. The van der Waals surface area contributed by atoms with Gasteiger partial charge in [-0.25, -0.2) is 0 Å². The van der Waals surface area contributed by atoms with E-state index < -0.39 is 5.54 Å².